The number of nitrogens with zero attached hydrogens (tertiary/aromatic N) is 2. The largest absolute Gasteiger partial charge is 0.467 e. The molecule has 0 radical (unpaired) electrons. The molecule has 0 atom stereocenters. The normalized spacial score (nSPS) is 14.8. The van der Waals surface area contributed by atoms with E-state index < -0.39 is 6.03 Å². The Labute approximate surface area is 166 Å². The van der Waals surface area contributed by atoms with E-state index in [4.69, 9.17) is 4.42 Å². The van der Waals surface area contributed by atoms with Crippen LogP contribution in [0.2, 0.25) is 0 Å². The molecule has 9 nitrogen and oxygen atoms in total. The summed E-state index contributed by atoms with van der Waals surface area (Å²) >= 11 is 0. The van der Waals surface area contributed by atoms with Crippen LogP contribution in [0.4, 0.5) is 4.79 Å². The molecule has 0 aliphatic carbocycles. The number of aromatic amines is 1. The summed E-state index contributed by atoms with van der Waals surface area (Å²) in [5.41, 5.74) is 1.59. The van der Waals surface area contributed by atoms with Gasteiger partial charge in [-0.05, 0) is 37.1 Å². The van der Waals surface area contributed by atoms with Crippen molar-refractivity contribution >= 4 is 23.0 Å². The fourth-order valence-electron chi connectivity index (χ4n) is 3.72. The van der Waals surface area contributed by atoms with Gasteiger partial charge in [-0.1, -0.05) is 12.1 Å². The summed E-state index contributed by atoms with van der Waals surface area (Å²) in [6, 6.07) is 10.7. The first-order valence-corrected chi connectivity index (χ1v) is 9.63. The molecule has 29 heavy (non-hydrogen) atoms. The zero-order chi connectivity index (χ0) is 20.2. The molecule has 4 rings (SSSR count). The lowest BCUT2D eigenvalue weighted by Gasteiger charge is -2.32. The number of imidazole rings is 1. The van der Waals surface area contributed by atoms with E-state index >= 15 is 0 Å². The maximum Gasteiger partial charge on any atom is 0.326 e. The molecule has 0 saturated carbocycles. The lowest BCUT2D eigenvalue weighted by molar-refractivity contribution is -0.131. The number of nitrogens with one attached hydrogen (secondary N) is 3. The number of piperidine rings is 1. The number of urea groups is 1. The van der Waals surface area contributed by atoms with Crippen LogP contribution in [0.1, 0.15) is 24.6 Å². The summed E-state index contributed by atoms with van der Waals surface area (Å²) in [4.78, 5) is 41.2. The number of hydrogen-bond acceptors (Lipinski definition) is 4. The van der Waals surface area contributed by atoms with E-state index in [2.05, 4.69) is 15.6 Å². The minimum Gasteiger partial charge on any atom is -0.467 e. The fraction of sp³-hybridized carbons (Fsp3) is 0.350. The quantitative estimate of drug-likeness (QED) is 0.607. The summed E-state index contributed by atoms with van der Waals surface area (Å²) in [5.74, 6) is 0.504. The highest BCUT2D eigenvalue weighted by Gasteiger charge is 2.26. The fourth-order valence-corrected chi connectivity index (χ4v) is 3.72. The third kappa shape index (κ3) is 4.18. The lowest BCUT2D eigenvalue weighted by atomic mass is 10.0. The summed E-state index contributed by atoms with van der Waals surface area (Å²) in [6.07, 6.45) is 2.92. The Morgan fingerprint density at radius 2 is 1.90 bits per heavy atom. The molecule has 0 bridgehead atoms. The van der Waals surface area contributed by atoms with Crippen molar-refractivity contribution in [3.05, 3.63) is 58.9 Å². The van der Waals surface area contributed by atoms with Crippen molar-refractivity contribution in [2.24, 2.45) is 0 Å². The molecule has 1 fully saturated rings. The van der Waals surface area contributed by atoms with Crippen molar-refractivity contribution in [1.29, 1.82) is 0 Å². The van der Waals surface area contributed by atoms with Crippen LogP contribution in [-0.2, 0) is 11.3 Å². The Morgan fingerprint density at radius 1 is 1.10 bits per heavy atom. The van der Waals surface area contributed by atoms with Gasteiger partial charge in [0.1, 0.15) is 5.76 Å². The second kappa shape index (κ2) is 8.26. The third-order valence-electron chi connectivity index (χ3n) is 5.21. The van der Waals surface area contributed by atoms with Gasteiger partial charge < -0.3 is 24.9 Å². The van der Waals surface area contributed by atoms with Crippen molar-refractivity contribution in [2.45, 2.75) is 25.4 Å². The van der Waals surface area contributed by atoms with Gasteiger partial charge >= 0.3 is 11.7 Å². The molecule has 3 heterocycles. The first-order chi connectivity index (χ1) is 14.1. The Hall–Kier alpha value is -3.49. The second-order valence-electron chi connectivity index (χ2n) is 7.04. The Bertz CT molecular complexity index is 1040. The van der Waals surface area contributed by atoms with Gasteiger partial charge in [0.15, 0.2) is 0 Å². The van der Waals surface area contributed by atoms with Gasteiger partial charge in [-0.3, -0.25) is 9.36 Å². The monoisotopic (exact) mass is 397 g/mol. The van der Waals surface area contributed by atoms with Crippen LogP contribution in [0.15, 0.2) is 51.9 Å². The Kier molecular flexibility index (Phi) is 5.37. The van der Waals surface area contributed by atoms with Gasteiger partial charge in [0.25, 0.3) is 0 Å². The maximum atomic E-state index is 12.4. The molecule has 3 amide bonds. The molecule has 1 aliphatic rings. The van der Waals surface area contributed by atoms with Crippen LogP contribution < -0.4 is 16.3 Å². The second-order valence-corrected chi connectivity index (χ2v) is 7.04. The molecule has 152 valence electrons. The van der Waals surface area contributed by atoms with Crippen LogP contribution in [-0.4, -0.2) is 46.0 Å². The molecule has 1 aliphatic heterocycles. The smallest absolute Gasteiger partial charge is 0.326 e. The van der Waals surface area contributed by atoms with Crippen molar-refractivity contribution < 1.29 is 14.0 Å². The molecule has 9 heteroatoms. The Balaban J connectivity index is 1.27. The van der Waals surface area contributed by atoms with Crippen molar-refractivity contribution in [3.63, 3.8) is 0 Å². The highest BCUT2D eigenvalue weighted by molar-refractivity contribution is 5.84. The molecular weight excluding hydrogens is 374 g/mol. The number of likely N-dealkylation sites (tertiary alicyclic amines) is 1. The molecule has 0 unspecified atom stereocenters. The van der Waals surface area contributed by atoms with E-state index in [0.717, 1.165) is 11.0 Å². The van der Waals surface area contributed by atoms with Crippen LogP contribution in [0.3, 0.4) is 0 Å². The average Bonchev–Trinajstić information content (AvgIpc) is 3.37. The topological polar surface area (TPSA) is 112 Å². The van der Waals surface area contributed by atoms with Gasteiger partial charge in [0, 0.05) is 19.1 Å². The molecule has 3 aromatic rings. The molecular formula is C20H23N5O4. The molecule has 1 saturated heterocycles. The van der Waals surface area contributed by atoms with Gasteiger partial charge in [-0.15, -0.1) is 0 Å². The summed E-state index contributed by atoms with van der Waals surface area (Å²) in [7, 11) is 0. The highest BCUT2D eigenvalue weighted by atomic mass is 16.3. The minimum absolute atomic E-state index is 0.0484. The van der Waals surface area contributed by atoms with Gasteiger partial charge in [-0.25, -0.2) is 9.59 Å². The first kappa shape index (κ1) is 18.9. The van der Waals surface area contributed by atoms with Crippen LogP contribution in [0, 0.1) is 0 Å². The number of rotatable bonds is 5. The minimum atomic E-state index is -0.421. The van der Waals surface area contributed by atoms with Gasteiger partial charge in [0.05, 0.1) is 30.4 Å². The van der Waals surface area contributed by atoms with Crippen LogP contribution in [0.25, 0.3) is 11.0 Å². The van der Waals surface area contributed by atoms with E-state index in [1.54, 1.807) is 21.6 Å². The predicted molar refractivity (Wildman–Crippen MR) is 106 cm³/mol. The number of H-pyrrole nitrogens is 1. The maximum absolute atomic E-state index is 12.4. The van der Waals surface area contributed by atoms with Gasteiger partial charge in [-0.2, -0.15) is 0 Å². The first-order valence-electron chi connectivity index (χ1n) is 9.63. The average molecular weight is 397 g/mol. The predicted octanol–water partition coefficient (Wildman–Crippen LogP) is 1.59. The standard InChI is InChI=1S/C20H23N5O4/c26-18(13-22-19(27)21-12-15-4-3-11-29-15)24-9-7-14(8-10-24)25-17-6-2-1-5-16(17)23-20(25)28/h1-6,11,14H,7-10,12-13H2,(H,23,28)(H2,21,22,27). The number of benzene rings is 1. The Morgan fingerprint density at radius 3 is 2.66 bits per heavy atom. The number of fused-ring (bicyclic) bond motifs is 1. The molecule has 1 aromatic carbocycles. The van der Waals surface area contributed by atoms with E-state index in [1.165, 1.54) is 6.26 Å². The summed E-state index contributed by atoms with van der Waals surface area (Å²) in [5, 5.41) is 5.21. The van der Waals surface area contributed by atoms with Gasteiger partial charge in [0.2, 0.25) is 5.91 Å². The van der Waals surface area contributed by atoms with Crippen molar-refractivity contribution in [3.8, 4) is 0 Å². The number of amides is 3. The van der Waals surface area contributed by atoms with E-state index in [9.17, 15) is 14.4 Å². The van der Waals surface area contributed by atoms with Crippen molar-refractivity contribution in [1.82, 2.24) is 25.1 Å². The zero-order valence-electron chi connectivity index (χ0n) is 15.9. The zero-order valence-corrected chi connectivity index (χ0v) is 15.9. The number of aromatic nitrogens is 2. The number of carbonyl (C=O) groups excluding carboxylic acids is 2. The number of hydrogen-bond donors (Lipinski definition) is 3. The number of carbonyl (C=O) groups is 2. The highest BCUT2D eigenvalue weighted by Crippen LogP contribution is 2.24. The van der Waals surface area contributed by atoms with E-state index in [1.807, 2.05) is 24.3 Å². The molecule has 0 spiro atoms. The SMILES string of the molecule is O=C(NCC(=O)N1CCC(n2c(=O)[nH]c3ccccc32)CC1)NCc1ccco1. The summed E-state index contributed by atoms with van der Waals surface area (Å²) in [6.45, 7) is 1.29. The summed E-state index contributed by atoms with van der Waals surface area (Å²) < 4.78 is 6.93. The van der Waals surface area contributed by atoms with Crippen LogP contribution >= 0.6 is 0 Å². The van der Waals surface area contributed by atoms with Crippen LogP contribution in [0.5, 0.6) is 0 Å². The third-order valence-corrected chi connectivity index (χ3v) is 5.21. The molecule has 3 N–H and O–H groups in total. The number of para-hydroxylation sites is 2. The van der Waals surface area contributed by atoms with E-state index in [0.29, 0.717) is 31.7 Å². The number of furan rings is 1. The molecule has 2 aromatic heterocycles. The van der Waals surface area contributed by atoms with Crippen molar-refractivity contribution in [2.75, 3.05) is 19.6 Å². The van der Waals surface area contributed by atoms with E-state index in [-0.39, 0.29) is 30.7 Å². The lowest BCUT2D eigenvalue weighted by Crippen LogP contribution is -2.46.